The van der Waals surface area contributed by atoms with E-state index in [1.165, 1.54) is 18.2 Å². The van der Waals surface area contributed by atoms with Gasteiger partial charge in [0, 0.05) is 41.2 Å². The molecule has 2 aliphatic rings. The first-order valence-electron chi connectivity index (χ1n) is 9.39. The first-order chi connectivity index (χ1) is 13.0. The topological polar surface area (TPSA) is 100 Å². The number of H-pyrrole nitrogens is 1. The minimum Gasteiger partial charge on any atom is -0.350 e. The zero-order valence-corrected chi connectivity index (χ0v) is 15.0. The molecule has 142 valence electrons. The first-order valence-corrected chi connectivity index (χ1v) is 9.39. The Morgan fingerprint density at radius 3 is 2.93 bits per heavy atom. The molecule has 0 spiro atoms. The number of hydrogen-bond donors (Lipinski definition) is 4. The zero-order valence-electron chi connectivity index (χ0n) is 15.0. The number of fused-ring (bicyclic) bond motifs is 3. The minimum atomic E-state index is -0.383. The quantitative estimate of drug-likeness (QED) is 0.610. The second-order valence-corrected chi connectivity index (χ2v) is 7.30. The number of nitrogens with two attached hydrogens (primary N) is 1. The lowest BCUT2D eigenvalue weighted by Gasteiger charge is -2.28. The van der Waals surface area contributed by atoms with Gasteiger partial charge in [-0.1, -0.05) is 12.8 Å². The molecule has 1 fully saturated rings. The van der Waals surface area contributed by atoms with Crippen molar-refractivity contribution in [2.75, 3.05) is 6.54 Å². The summed E-state index contributed by atoms with van der Waals surface area (Å²) in [6.07, 6.45) is 5.95. The molecular weight excluding hydrogens is 347 g/mol. The molecule has 27 heavy (non-hydrogen) atoms. The summed E-state index contributed by atoms with van der Waals surface area (Å²) in [5, 5.41) is 6.42. The summed E-state index contributed by atoms with van der Waals surface area (Å²) < 4.78 is 13.8. The van der Waals surface area contributed by atoms with Gasteiger partial charge in [0.05, 0.1) is 0 Å². The molecular formula is C20H23FN4O2. The summed E-state index contributed by atoms with van der Waals surface area (Å²) in [5.74, 6) is -0.857. The van der Waals surface area contributed by atoms with Crippen LogP contribution in [-0.4, -0.2) is 35.4 Å². The molecule has 1 aliphatic heterocycles. The number of halogens is 1. The normalized spacial score (nSPS) is 24.4. The molecule has 7 heteroatoms. The highest BCUT2D eigenvalue weighted by Crippen LogP contribution is 2.33. The van der Waals surface area contributed by atoms with Crippen LogP contribution in [-0.2, 0) is 4.79 Å². The fourth-order valence-corrected chi connectivity index (χ4v) is 4.06. The summed E-state index contributed by atoms with van der Waals surface area (Å²) in [5.41, 5.74) is 8.46. The Morgan fingerprint density at radius 2 is 2.11 bits per heavy atom. The number of hydrogen-bond acceptors (Lipinski definition) is 3. The Hall–Kier alpha value is -2.67. The van der Waals surface area contributed by atoms with Crippen molar-refractivity contribution >= 4 is 28.3 Å². The van der Waals surface area contributed by atoms with Crippen LogP contribution >= 0.6 is 0 Å². The standard InChI is InChI=1S/C20H23FN4O2/c21-12-5-6-15-13(10-12)18-11(7-8-23-20(27)19(18)25-15)9-17(26)24-16-4-2-1-3-14(16)22/h5-6,9-10,14,16,25H,1-4,7-8,22H2,(H,23,27)(H,24,26). The minimum absolute atomic E-state index is 0.0313. The zero-order chi connectivity index (χ0) is 19.0. The van der Waals surface area contributed by atoms with E-state index in [2.05, 4.69) is 15.6 Å². The maximum absolute atomic E-state index is 13.8. The Balaban J connectivity index is 1.70. The van der Waals surface area contributed by atoms with Crippen LogP contribution in [0.1, 0.15) is 48.2 Å². The van der Waals surface area contributed by atoms with E-state index in [0.29, 0.717) is 40.7 Å². The van der Waals surface area contributed by atoms with E-state index in [1.54, 1.807) is 6.07 Å². The van der Waals surface area contributed by atoms with Gasteiger partial charge in [0.25, 0.3) is 5.91 Å². The molecule has 1 aromatic heterocycles. The van der Waals surface area contributed by atoms with Crippen molar-refractivity contribution in [1.29, 1.82) is 0 Å². The molecule has 1 saturated carbocycles. The second-order valence-electron chi connectivity index (χ2n) is 7.30. The van der Waals surface area contributed by atoms with Crippen LogP contribution in [0.5, 0.6) is 0 Å². The van der Waals surface area contributed by atoms with Gasteiger partial charge in [-0.25, -0.2) is 4.39 Å². The van der Waals surface area contributed by atoms with Gasteiger partial charge in [-0.05, 0) is 43.0 Å². The third kappa shape index (κ3) is 3.47. The van der Waals surface area contributed by atoms with Gasteiger partial charge in [0.1, 0.15) is 11.5 Å². The molecule has 4 rings (SSSR count). The van der Waals surface area contributed by atoms with Crippen LogP contribution in [0, 0.1) is 5.82 Å². The number of rotatable bonds is 2. The highest BCUT2D eigenvalue weighted by Gasteiger charge is 2.26. The summed E-state index contributed by atoms with van der Waals surface area (Å²) in [6.45, 7) is 0.417. The van der Waals surface area contributed by atoms with Gasteiger partial charge in [-0.3, -0.25) is 9.59 Å². The van der Waals surface area contributed by atoms with Gasteiger partial charge in [-0.15, -0.1) is 0 Å². The van der Waals surface area contributed by atoms with Crippen LogP contribution in [0.25, 0.3) is 16.5 Å². The van der Waals surface area contributed by atoms with Gasteiger partial charge >= 0.3 is 0 Å². The van der Waals surface area contributed by atoms with Crippen LogP contribution in [0.4, 0.5) is 4.39 Å². The molecule has 5 N–H and O–H groups in total. The van der Waals surface area contributed by atoms with E-state index < -0.39 is 0 Å². The van der Waals surface area contributed by atoms with E-state index in [9.17, 15) is 14.0 Å². The number of aromatic amines is 1. The predicted octanol–water partition coefficient (Wildman–Crippen LogP) is 2.21. The molecule has 2 aromatic rings. The largest absolute Gasteiger partial charge is 0.350 e. The highest BCUT2D eigenvalue weighted by atomic mass is 19.1. The summed E-state index contributed by atoms with van der Waals surface area (Å²) in [6, 6.07) is 4.28. The smallest absolute Gasteiger partial charge is 0.268 e. The Morgan fingerprint density at radius 1 is 1.30 bits per heavy atom. The van der Waals surface area contributed by atoms with Crippen molar-refractivity contribution in [3.8, 4) is 0 Å². The van der Waals surface area contributed by atoms with E-state index in [1.807, 2.05) is 0 Å². The Kier molecular flexibility index (Phi) is 4.70. The van der Waals surface area contributed by atoms with Crippen molar-refractivity contribution in [2.24, 2.45) is 5.73 Å². The van der Waals surface area contributed by atoms with Crippen LogP contribution in [0.3, 0.4) is 0 Å². The lowest BCUT2D eigenvalue weighted by atomic mass is 9.91. The lowest BCUT2D eigenvalue weighted by molar-refractivity contribution is -0.117. The fraction of sp³-hybridized carbons (Fsp3) is 0.400. The van der Waals surface area contributed by atoms with E-state index in [-0.39, 0.29) is 29.7 Å². The van der Waals surface area contributed by atoms with Crippen LogP contribution < -0.4 is 16.4 Å². The van der Waals surface area contributed by atoms with Crippen molar-refractivity contribution in [2.45, 2.75) is 44.2 Å². The van der Waals surface area contributed by atoms with Gasteiger partial charge in [0.2, 0.25) is 5.91 Å². The average molecular weight is 370 g/mol. The second kappa shape index (κ2) is 7.15. The van der Waals surface area contributed by atoms with E-state index in [4.69, 9.17) is 5.73 Å². The van der Waals surface area contributed by atoms with Gasteiger partial charge in [-0.2, -0.15) is 0 Å². The number of benzene rings is 1. The van der Waals surface area contributed by atoms with Crippen LogP contribution in [0.15, 0.2) is 24.3 Å². The van der Waals surface area contributed by atoms with Gasteiger partial charge < -0.3 is 21.4 Å². The number of nitrogens with one attached hydrogen (secondary N) is 3. The molecule has 6 nitrogen and oxygen atoms in total. The monoisotopic (exact) mass is 370 g/mol. The molecule has 0 bridgehead atoms. The maximum atomic E-state index is 13.8. The summed E-state index contributed by atoms with van der Waals surface area (Å²) in [7, 11) is 0. The Labute approximate surface area is 156 Å². The lowest BCUT2D eigenvalue weighted by Crippen LogP contribution is -2.48. The summed E-state index contributed by atoms with van der Waals surface area (Å²) in [4.78, 5) is 28.0. The van der Waals surface area contributed by atoms with Crippen molar-refractivity contribution in [3.05, 3.63) is 41.3 Å². The summed E-state index contributed by atoms with van der Waals surface area (Å²) >= 11 is 0. The van der Waals surface area contributed by atoms with Crippen molar-refractivity contribution in [1.82, 2.24) is 15.6 Å². The fourth-order valence-electron chi connectivity index (χ4n) is 4.06. The van der Waals surface area contributed by atoms with E-state index >= 15 is 0 Å². The molecule has 2 unspecified atom stereocenters. The molecule has 0 radical (unpaired) electrons. The highest BCUT2D eigenvalue weighted by molar-refractivity contribution is 6.10. The first kappa shape index (κ1) is 17.7. The molecule has 1 aliphatic carbocycles. The third-order valence-electron chi connectivity index (χ3n) is 5.44. The molecule has 1 aromatic carbocycles. The third-order valence-corrected chi connectivity index (χ3v) is 5.44. The average Bonchev–Trinajstić information content (AvgIpc) is 2.94. The molecule has 2 amide bonds. The van der Waals surface area contributed by atoms with Crippen LogP contribution in [0.2, 0.25) is 0 Å². The van der Waals surface area contributed by atoms with Crippen molar-refractivity contribution < 1.29 is 14.0 Å². The number of carbonyl (C=O) groups is 2. The number of carbonyl (C=O) groups excluding carboxylic acids is 2. The van der Waals surface area contributed by atoms with Gasteiger partial charge in [0.15, 0.2) is 0 Å². The number of amides is 2. The SMILES string of the molecule is NC1CCCCC1NC(=O)C=C1CCNC(=O)c2[nH]c3ccc(F)cc3c21. The maximum Gasteiger partial charge on any atom is 0.268 e. The molecule has 0 saturated heterocycles. The molecule has 2 atom stereocenters. The molecule has 2 heterocycles. The number of aromatic nitrogens is 1. The van der Waals surface area contributed by atoms with Crippen molar-refractivity contribution in [3.63, 3.8) is 0 Å². The predicted molar refractivity (Wildman–Crippen MR) is 102 cm³/mol. The van der Waals surface area contributed by atoms with E-state index in [0.717, 1.165) is 25.7 Å². The Bertz CT molecular complexity index is 933.